The lowest BCUT2D eigenvalue weighted by atomic mass is 10.0. The van der Waals surface area contributed by atoms with Gasteiger partial charge in [0.25, 0.3) is 0 Å². The number of thioether (sulfide) groups is 1. The van der Waals surface area contributed by atoms with E-state index in [2.05, 4.69) is 31.2 Å². The molecule has 2 heteroatoms. The van der Waals surface area contributed by atoms with Gasteiger partial charge in [0, 0.05) is 17.1 Å². The molecule has 0 aliphatic carbocycles. The summed E-state index contributed by atoms with van der Waals surface area (Å²) in [6, 6.07) is 4.12. The number of rotatable bonds is 3. The molecule has 1 heterocycles. The van der Waals surface area contributed by atoms with Crippen LogP contribution in [0.15, 0.2) is 24.5 Å². The predicted molar refractivity (Wildman–Crippen MR) is 55.5 cm³/mol. The van der Waals surface area contributed by atoms with Gasteiger partial charge in [-0.2, -0.15) is 11.8 Å². The lowest BCUT2D eigenvalue weighted by molar-refractivity contribution is 0.708. The fourth-order valence-electron chi connectivity index (χ4n) is 1.07. The molecule has 0 unspecified atom stereocenters. The first kappa shape index (κ1) is 9.59. The molecular weight excluding hydrogens is 166 g/mol. The van der Waals surface area contributed by atoms with Gasteiger partial charge in [0.05, 0.1) is 0 Å². The molecule has 1 rings (SSSR count). The van der Waals surface area contributed by atoms with Gasteiger partial charge in [-0.25, -0.2) is 0 Å². The lowest BCUT2D eigenvalue weighted by Crippen LogP contribution is -2.17. The molecule has 1 nitrogen and oxygen atoms in total. The normalized spacial score (nSPS) is 11.6. The molecule has 0 atom stereocenters. The van der Waals surface area contributed by atoms with Crippen LogP contribution in [0.4, 0.5) is 0 Å². The van der Waals surface area contributed by atoms with Crippen molar-refractivity contribution >= 4 is 11.8 Å². The van der Waals surface area contributed by atoms with Gasteiger partial charge in [-0.1, -0.05) is 19.9 Å². The van der Waals surface area contributed by atoms with Gasteiger partial charge in [0.2, 0.25) is 0 Å². The van der Waals surface area contributed by atoms with Crippen LogP contribution in [0.5, 0.6) is 0 Å². The molecule has 1 aromatic heterocycles. The Morgan fingerprint density at radius 3 is 2.75 bits per heavy atom. The van der Waals surface area contributed by atoms with Crippen LogP contribution in [-0.4, -0.2) is 16.0 Å². The molecule has 0 aliphatic rings. The van der Waals surface area contributed by atoms with E-state index in [1.807, 2.05) is 30.2 Å². The summed E-state index contributed by atoms with van der Waals surface area (Å²) in [5.74, 6) is 0. The summed E-state index contributed by atoms with van der Waals surface area (Å²) in [7, 11) is 0. The average Bonchev–Trinajstić information content (AvgIpc) is 2.06. The number of nitrogens with zero attached hydrogens (tertiary/aromatic N) is 1. The quantitative estimate of drug-likeness (QED) is 0.711. The zero-order valence-electron chi connectivity index (χ0n) is 7.87. The first-order valence-electron chi connectivity index (χ1n) is 4.08. The Morgan fingerprint density at radius 1 is 1.50 bits per heavy atom. The largest absolute Gasteiger partial charge is 0.264 e. The van der Waals surface area contributed by atoms with Crippen molar-refractivity contribution in [2.75, 3.05) is 6.26 Å². The molecule has 0 saturated heterocycles. The van der Waals surface area contributed by atoms with E-state index >= 15 is 0 Å². The highest BCUT2D eigenvalue weighted by Crippen LogP contribution is 2.25. The van der Waals surface area contributed by atoms with Gasteiger partial charge in [0.1, 0.15) is 0 Å². The lowest BCUT2D eigenvalue weighted by Gasteiger charge is -2.21. The van der Waals surface area contributed by atoms with Gasteiger partial charge in [-0.15, -0.1) is 0 Å². The molecule has 0 aliphatic heterocycles. The summed E-state index contributed by atoms with van der Waals surface area (Å²) >= 11 is 1.89. The highest BCUT2D eigenvalue weighted by Gasteiger charge is 2.15. The molecule has 0 spiro atoms. The summed E-state index contributed by atoms with van der Waals surface area (Å²) in [4.78, 5) is 4.09. The molecule has 0 radical (unpaired) electrons. The Balaban J connectivity index is 2.64. The molecular formula is C10H15NS. The first-order chi connectivity index (χ1) is 5.64. The van der Waals surface area contributed by atoms with Crippen LogP contribution < -0.4 is 0 Å². The van der Waals surface area contributed by atoms with Crippen LogP contribution in [-0.2, 0) is 6.42 Å². The van der Waals surface area contributed by atoms with Crippen LogP contribution in [0.25, 0.3) is 0 Å². The van der Waals surface area contributed by atoms with E-state index in [1.165, 1.54) is 5.56 Å². The van der Waals surface area contributed by atoms with Crippen LogP contribution in [0, 0.1) is 0 Å². The smallest absolute Gasteiger partial charge is 0.0300 e. The van der Waals surface area contributed by atoms with E-state index in [1.54, 1.807) is 0 Å². The summed E-state index contributed by atoms with van der Waals surface area (Å²) in [6.07, 6.45) is 6.99. The van der Waals surface area contributed by atoms with Crippen molar-refractivity contribution in [2.45, 2.75) is 25.0 Å². The van der Waals surface area contributed by atoms with E-state index in [0.29, 0.717) is 4.75 Å². The Morgan fingerprint density at radius 2 is 2.25 bits per heavy atom. The minimum absolute atomic E-state index is 0.322. The third kappa shape index (κ3) is 2.86. The zero-order chi connectivity index (χ0) is 9.03. The van der Waals surface area contributed by atoms with Crippen molar-refractivity contribution in [3.8, 4) is 0 Å². The Kier molecular flexibility index (Phi) is 3.15. The monoisotopic (exact) mass is 181 g/mol. The van der Waals surface area contributed by atoms with Gasteiger partial charge < -0.3 is 0 Å². The topological polar surface area (TPSA) is 12.9 Å². The number of hydrogen-bond donors (Lipinski definition) is 0. The number of aromatic nitrogens is 1. The van der Waals surface area contributed by atoms with Crippen molar-refractivity contribution < 1.29 is 0 Å². The van der Waals surface area contributed by atoms with E-state index in [4.69, 9.17) is 0 Å². The molecule has 0 amide bonds. The summed E-state index contributed by atoms with van der Waals surface area (Å²) < 4.78 is 0.322. The fourth-order valence-corrected chi connectivity index (χ4v) is 1.38. The maximum absolute atomic E-state index is 4.09. The SMILES string of the molecule is CSC(C)(C)Cc1cccnc1. The second kappa shape index (κ2) is 3.94. The van der Waals surface area contributed by atoms with E-state index in [-0.39, 0.29) is 0 Å². The molecule has 0 bridgehead atoms. The zero-order valence-corrected chi connectivity index (χ0v) is 8.69. The molecule has 0 fully saturated rings. The van der Waals surface area contributed by atoms with Gasteiger partial charge in [-0.3, -0.25) is 4.98 Å². The number of pyridine rings is 1. The molecule has 66 valence electrons. The second-order valence-corrected chi connectivity index (χ2v) is 5.02. The Labute approximate surface area is 78.6 Å². The fraction of sp³-hybridized carbons (Fsp3) is 0.500. The summed E-state index contributed by atoms with van der Waals surface area (Å²) in [5.41, 5.74) is 1.32. The van der Waals surface area contributed by atoms with Crippen LogP contribution in [0.1, 0.15) is 19.4 Å². The third-order valence-corrected chi connectivity index (χ3v) is 3.15. The molecule has 0 saturated carbocycles. The van der Waals surface area contributed by atoms with Crippen molar-refractivity contribution in [3.05, 3.63) is 30.1 Å². The van der Waals surface area contributed by atoms with Crippen molar-refractivity contribution in [3.63, 3.8) is 0 Å². The highest BCUT2D eigenvalue weighted by atomic mass is 32.2. The van der Waals surface area contributed by atoms with Crippen molar-refractivity contribution in [1.82, 2.24) is 4.98 Å². The minimum Gasteiger partial charge on any atom is -0.264 e. The molecule has 12 heavy (non-hydrogen) atoms. The van der Waals surface area contributed by atoms with Gasteiger partial charge >= 0.3 is 0 Å². The maximum atomic E-state index is 4.09. The molecule has 1 aromatic rings. The van der Waals surface area contributed by atoms with E-state index in [0.717, 1.165) is 6.42 Å². The van der Waals surface area contributed by atoms with Gasteiger partial charge in [-0.05, 0) is 24.3 Å². The Bertz CT molecular complexity index is 231. The molecule has 0 aromatic carbocycles. The summed E-state index contributed by atoms with van der Waals surface area (Å²) in [6.45, 7) is 4.51. The minimum atomic E-state index is 0.322. The second-order valence-electron chi connectivity index (χ2n) is 3.50. The van der Waals surface area contributed by atoms with Crippen LogP contribution >= 0.6 is 11.8 Å². The van der Waals surface area contributed by atoms with Crippen LogP contribution in [0.2, 0.25) is 0 Å². The van der Waals surface area contributed by atoms with Crippen molar-refractivity contribution in [1.29, 1.82) is 0 Å². The molecule has 0 N–H and O–H groups in total. The number of hydrogen-bond acceptors (Lipinski definition) is 2. The van der Waals surface area contributed by atoms with E-state index in [9.17, 15) is 0 Å². The van der Waals surface area contributed by atoms with Crippen molar-refractivity contribution in [2.24, 2.45) is 0 Å². The maximum Gasteiger partial charge on any atom is 0.0300 e. The third-order valence-electron chi connectivity index (χ3n) is 1.91. The van der Waals surface area contributed by atoms with Gasteiger partial charge in [0.15, 0.2) is 0 Å². The average molecular weight is 181 g/mol. The standard InChI is InChI=1S/C10H15NS/c1-10(2,12-3)7-9-5-4-6-11-8-9/h4-6,8H,7H2,1-3H3. The predicted octanol–water partition coefficient (Wildman–Crippen LogP) is 2.77. The highest BCUT2D eigenvalue weighted by molar-refractivity contribution is 7.99. The van der Waals surface area contributed by atoms with Crippen LogP contribution in [0.3, 0.4) is 0 Å². The Hall–Kier alpha value is -0.500. The summed E-state index contributed by atoms with van der Waals surface area (Å²) in [5, 5.41) is 0. The van der Waals surface area contributed by atoms with E-state index < -0.39 is 0 Å². The first-order valence-corrected chi connectivity index (χ1v) is 5.30.